The molecule has 26 heavy (non-hydrogen) atoms. The summed E-state index contributed by atoms with van der Waals surface area (Å²) in [6.07, 6.45) is 4.50. The van der Waals surface area contributed by atoms with Gasteiger partial charge in [-0.05, 0) is 49.1 Å². The first-order valence-electron chi connectivity index (χ1n) is 9.45. The number of piperidine rings is 1. The van der Waals surface area contributed by atoms with E-state index >= 15 is 0 Å². The molecule has 0 aliphatic carbocycles. The lowest BCUT2D eigenvalue weighted by molar-refractivity contribution is -0.119. The van der Waals surface area contributed by atoms with Crippen molar-refractivity contribution in [1.29, 1.82) is 0 Å². The molecular formula is C22H26N2O2. The van der Waals surface area contributed by atoms with Crippen LogP contribution in [0.4, 0.5) is 5.69 Å². The first kappa shape index (κ1) is 18.2. The van der Waals surface area contributed by atoms with E-state index in [0.29, 0.717) is 12.0 Å². The molecule has 1 heterocycles. The molecule has 2 aromatic rings. The zero-order valence-electron chi connectivity index (χ0n) is 15.3. The summed E-state index contributed by atoms with van der Waals surface area (Å²) in [5, 5.41) is 3.14. The summed E-state index contributed by atoms with van der Waals surface area (Å²) in [6, 6.07) is 17.4. The Bertz CT molecular complexity index is 740. The van der Waals surface area contributed by atoms with Crippen LogP contribution < -0.4 is 10.2 Å². The van der Waals surface area contributed by atoms with E-state index in [1.807, 2.05) is 47.4 Å². The Balaban J connectivity index is 1.70. The number of anilines is 1. The minimum absolute atomic E-state index is 0.0112. The van der Waals surface area contributed by atoms with Crippen molar-refractivity contribution in [3.8, 4) is 0 Å². The van der Waals surface area contributed by atoms with Gasteiger partial charge in [-0.25, -0.2) is 0 Å². The zero-order chi connectivity index (χ0) is 18.4. The summed E-state index contributed by atoms with van der Waals surface area (Å²) < 4.78 is 0. The van der Waals surface area contributed by atoms with Crippen LogP contribution in [-0.4, -0.2) is 18.4 Å². The van der Waals surface area contributed by atoms with E-state index in [9.17, 15) is 9.59 Å². The van der Waals surface area contributed by atoms with Crippen LogP contribution in [0.1, 0.15) is 61.0 Å². The SMILES string of the molecule is CCCC(NC(=O)c1ccc(N2CCCCC2=O)cc1)c1ccccc1. The Morgan fingerprint density at radius 3 is 2.46 bits per heavy atom. The van der Waals surface area contributed by atoms with Crippen LogP contribution in [0.5, 0.6) is 0 Å². The largest absolute Gasteiger partial charge is 0.345 e. The van der Waals surface area contributed by atoms with Crippen molar-refractivity contribution in [2.24, 2.45) is 0 Å². The fraction of sp³-hybridized carbons (Fsp3) is 0.364. The molecule has 1 fully saturated rings. The monoisotopic (exact) mass is 350 g/mol. The van der Waals surface area contributed by atoms with Gasteiger partial charge in [0.15, 0.2) is 0 Å². The van der Waals surface area contributed by atoms with E-state index in [1.54, 1.807) is 12.1 Å². The number of amides is 2. The fourth-order valence-corrected chi connectivity index (χ4v) is 3.41. The lowest BCUT2D eigenvalue weighted by atomic mass is 10.0. The van der Waals surface area contributed by atoms with Gasteiger partial charge in [0.05, 0.1) is 6.04 Å². The van der Waals surface area contributed by atoms with Crippen molar-refractivity contribution in [2.75, 3.05) is 11.4 Å². The van der Waals surface area contributed by atoms with Crippen LogP contribution in [0.3, 0.4) is 0 Å². The molecule has 2 amide bonds. The third-order valence-corrected chi connectivity index (χ3v) is 4.85. The predicted molar refractivity (Wildman–Crippen MR) is 104 cm³/mol. The van der Waals surface area contributed by atoms with E-state index in [4.69, 9.17) is 0 Å². The molecule has 3 rings (SSSR count). The first-order valence-corrected chi connectivity index (χ1v) is 9.45. The van der Waals surface area contributed by atoms with E-state index in [1.165, 1.54) is 0 Å². The van der Waals surface area contributed by atoms with Crippen LogP contribution in [0, 0.1) is 0 Å². The molecule has 0 aromatic heterocycles. The summed E-state index contributed by atoms with van der Waals surface area (Å²) in [6.45, 7) is 2.88. The molecule has 1 atom stereocenters. The maximum Gasteiger partial charge on any atom is 0.251 e. The summed E-state index contributed by atoms with van der Waals surface area (Å²) >= 11 is 0. The van der Waals surface area contributed by atoms with Crippen molar-refractivity contribution >= 4 is 17.5 Å². The van der Waals surface area contributed by atoms with Gasteiger partial charge in [0, 0.05) is 24.2 Å². The summed E-state index contributed by atoms with van der Waals surface area (Å²) in [4.78, 5) is 26.5. The van der Waals surface area contributed by atoms with Gasteiger partial charge >= 0.3 is 0 Å². The molecule has 1 aliphatic rings. The van der Waals surface area contributed by atoms with Crippen LogP contribution in [-0.2, 0) is 4.79 Å². The highest BCUT2D eigenvalue weighted by Gasteiger charge is 2.20. The van der Waals surface area contributed by atoms with Crippen molar-refractivity contribution in [2.45, 2.75) is 45.1 Å². The van der Waals surface area contributed by atoms with Gasteiger partial charge in [0.2, 0.25) is 5.91 Å². The van der Waals surface area contributed by atoms with E-state index < -0.39 is 0 Å². The second-order valence-electron chi connectivity index (χ2n) is 6.77. The van der Waals surface area contributed by atoms with Gasteiger partial charge in [-0.1, -0.05) is 43.7 Å². The number of benzene rings is 2. The summed E-state index contributed by atoms with van der Waals surface area (Å²) in [5.41, 5.74) is 2.62. The molecule has 0 saturated carbocycles. The number of hydrogen-bond donors (Lipinski definition) is 1. The molecule has 1 aliphatic heterocycles. The van der Waals surface area contributed by atoms with Crippen molar-refractivity contribution in [3.05, 3.63) is 65.7 Å². The molecular weight excluding hydrogens is 324 g/mol. The van der Waals surface area contributed by atoms with Gasteiger partial charge in [0.1, 0.15) is 0 Å². The summed E-state index contributed by atoms with van der Waals surface area (Å²) in [7, 11) is 0. The third-order valence-electron chi connectivity index (χ3n) is 4.85. The third kappa shape index (κ3) is 4.31. The van der Waals surface area contributed by atoms with E-state index in [2.05, 4.69) is 12.2 Å². The Kier molecular flexibility index (Phi) is 6.05. The molecule has 1 N–H and O–H groups in total. The minimum atomic E-state index is -0.0798. The quantitative estimate of drug-likeness (QED) is 0.835. The van der Waals surface area contributed by atoms with Gasteiger partial charge in [-0.2, -0.15) is 0 Å². The summed E-state index contributed by atoms with van der Waals surface area (Å²) in [5.74, 6) is 0.0874. The van der Waals surface area contributed by atoms with Gasteiger partial charge in [0.25, 0.3) is 5.91 Å². The molecule has 0 spiro atoms. The number of nitrogens with zero attached hydrogens (tertiary/aromatic N) is 1. The Labute approximate surface area is 155 Å². The number of hydrogen-bond acceptors (Lipinski definition) is 2. The Hall–Kier alpha value is -2.62. The molecule has 4 heteroatoms. The standard InChI is InChI=1S/C22H26N2O2/c1-2-8-20(17-9-4-3-5-10-17)23-22(26)18-12-14-19(15-13-18)24-16-7-6-11-21(24)25/h3-5,9-10,12-15,20H,2,6-8,11,16H2,1H3,(H,23,26). The van der Waals surface area contributed by atoms with Gasteiger partial charge in [-0.15, -0.1) is 0 Å². The fourth-order valence-electron chi connectivity index (χ4n) is 3.41. The highest BCUT2D eigenvalue weighted by atomic mass is 16.2. The minimum Gasteiger partial charge on any atom is -0.345 e. The van der Waals surface area contributed by atoms with Crippen molar-refractivity contribution in [3.63, 3.8) is 0 Å². The van der Waals surface area contributed by atoms with Gasteiger partial charge in [-0.3, -0.25) is 9.59 Å². The first-order chi connectivity index (χ1) is 12.7. The predicted octanol–water partition coefficient (Wildman–Crippen LogP) is 4.47. The van der Waals surface area contributed by atoms with Crippen molar-refractivity contribution in [1.82, 2.24) is 5.32 Å². The number of carbonyl (C=O) groups excluding carboxylic acids is 2. The van der Waals surface area contributed by atoms with Crippen LogP contribution in [0.15, 0.2) is 54.6 Å². The highest BCUT2D eigenvalue weighted by Crippen LogP contribution is 2.22. The lowest BCUT2D eigenvalue weighted by Crippen LogP contribution is -2.35. The van der Waals surface area contributed by atoms with Crippen LogP contribution in [0.2, 0.25) is 0 Å². The Morgan fingerprint density at radius 2 is 1.81 bits per heavy atom. The smallest absolute Gasteiger partial charge is 0.251 e. The number of nitrogens with one attached hydrogen (secondary N) is 1. The molecule has 1 unspecified atom stereocenters. The number of carbonyl (C=O) groups is 2. The molecule has 4 nitrogen and oxygen atoms in total. The molecule has 1 saturated heterocycles. The average Bonchev–Trinajstić information content (AvgIpc) is 2.69. The topological polar surface area (TPSA) is 49.4 Å². The molecule has 0 radical (unpaired) electrons. The normalized spacial score (nSPS) is 15.6. The van der Waals surface area contributed by atoms with Gasteiger partial charge < -0.3 is 10.2 Å². The maximum atomic E-state index is 12.7. The highest BCUT2D eigenvalue weighted by molar-refractivity contribution is 5.97. The van der Waals surface area contributed by atoms with E-state index in [0.717, 1.165) is 43.5 Å². The lowest BCUT2D eigenvalue weighted by Gasteiger charge is -2.27. The number of rotatable bonds is 6. The van der Waals surface area contributed by atoms with E-state index in [-0.39, 0.29) is 17.9 Å². The zero-order valence-corrected chi connectivity index (χ0v) is 15.3. The van der Waals surface area contributed by atoms with Crippen LogP contribution in [0.25, 0.3) is 0 Å². The second-order valence-corrected chi connectivity index (χ2v) is 6.77. The maximum absolute atomic E-state index is 12.7. The second kappa shape index (κ2) is 8.65. The average molecular weight is 350 g/mol. The molecule has 2 aromatic carbocycles. The Morgan fingerprint density at radius 1 is 1.08 bits per heavy atom. The van der Waals surface area contributed by atoms with Crippen LogP contribution >= 0.6 is 0 Å². The molecule has 0 bridgehead atoms. The van der Waals surface area contributed by atoms with Crippen molar-refractivity contribution < 1.29 is 9.59 Å². The molecule has 136 valence electrons.